The van der Waals surface area contributed by atoms with Gasteiger partial charge in [-0.3, -0.25) is 0 Å². The predicted octanol–water partition coefficient (Wildman–Crippen LogP) is 2.92. The van der Waals surface area contributed by atoms with E-state index in [0.29, 0.717) is 0 Å². The van der Waals surface area contributed by atoms with Crippen molar-refractivity contribution in [2.45, 2.75) is 13.0 Å². The molecule has 1 aromatic carbocycles. The second-order valence-electron chi connectivity index (χ2n) is 4.08. The van der Waals surface area contributed by atoms with Crippen LogP contribution in [0.3, 0.4) is 0 Å². The van der Waals surface area contributed by atoms with Crippen molar-refractivity contribution in [1.82, 2.24) is 0 Å². The molecule has 90 valence electrons. The summed E-state index contributed by atoms with van der Waals surface area (Å²) in [5.41, 5.74) is 2.15. The van der Waals surface area contributed by atoms with Gasteiger partial charge in [-0.25, -0.2) is 0 Å². The van der Waals surface area contributed by atoms with E-state index >= 15 is 0 Å². The first-order chi connectivity index (χ1) is 8.29. The molecule has 2 aromatic rings. The van der Waals surface area contributed by atoms with E-state index in [0.717, 1.165) is 18.5 Å². The van der Waals surface area contributed by atoms with Gasteiger partial charge in [-0.1, -0.05) is 18.2 Å². The molecule has 0 spiro atoms. The minimum Gasteiger partial charge on any atom is -0.392 e. The molecule has 0 atom stereocenters. The van der Waals surface area contributed by atoms with Crippen molar-refractivity contribution in [1.29, 1.82) is 0 Å². The van der Waals surface area contributed by atoms with Crippen LogP contribution in [0.2, 0.25) is 0 Å². The van der Waals surface area contributed by atoms with Crippen molar-refractivity contribution in [2.24, 2.45) is 0 Å². The fraction of sp³-hybridized carbons (Fsp3) is 0.286. The van der Waals surface area contributed by atoms with Crippen molar-refractivity contribution < 1.29 is 5.11 Å². The molecule has 0 saturated heterocycles. The topological polar surface area (TPSA) is 23.5 Å². The first kappa shape index (κ1) is 12.1. The Morgan fingerprint density at radius 2 is 1.94 bits per heavy atom. The number of thiophene rings is 1. The smallest absolute Gasteiger partial charge is 0.0681 e. The van der Waals surface area contributed by atoms with Crippen LogP contribution in [0.5, 0.6) is 0 Å². The lowest BCUT2D eigenvalue weighted by atomic mass is 10.2. The van der Waals surface area contributed by atoms with Crippen LogP contribution in [0.1, 0.15) is 10.4 Å². The third-order valence-corrected chi connectivity index (χ3v) is 3.77. The highest BCUT2D eigenvalue weighted by Gasteiger charge is 2.02. The van der Waals surface area contributed by atoms with Gasteiger partial charge in [0, 0.05) is 24.2 Å². The third-order valence-electron chi connectivity index (χ3n) is 2.83. The highest BCUT2D eigenvalue weighted by molar-refractivity contribution is 7.09. The molecule has 2 rings (SSSR count). The zero-order valence-electron chi connectivity index (χ0n) is 9.97. The van der Waals surface area contributed by atoms with E-state index in [1.165, 1.54) is 10.6 Å². The van der Waals surface area contributed by atoms with Crippen molar-refractivity contribution in [2.75, 3.05) is 18.5 Å². The summed E-state index contributed by atoms with van der Waals surface area (Å²) in [5, 5.41) is 11.1. The number of aliphatic hydroxyl groups is 1. The lowest BCUT2D eigenvalue weighted by Gasteiger charge is -2.19. The summed E-state index contributed by atoms with van der Waals surface area (Å²) in [7, 11) is 2.10. The lowest BCUT2D eigenvalue weighted by molar-refractivity contribution is 0.282. The molecule has 0 bridgehead atoms. The van der Waals surface area contributed by atoms with E-state index in [2.05, 4.69) is 41.6 Å². The summed E-state index contributed by atoms with van der Waals surface area (Å²) in [6, 6.07) is 12.3. The maximum Gasteiger partial charge on any atom is 0.0681 e. The predicted molar refractivity (Wildman–Crippen MR) is 73.7 cm³/mol. The van der Waals surface area contributed by atoms with Crippen LogP contribution in [0.25, 0.3) is 0 Å². The minimum atomic E-state index is 0.110. The van der Waals surface area contributed by atoms with Crippen molar-refractivity contribution >= 4 is 17.0 Å². The van der Waals surface area contributed by atoms with Crippen LogP contribution in [-0.4, -0.2) is 18.7 Å². The quantitative estimate of drug-likeness (QED) is 0.878. The first-order valence-corrected chi connectivity index (χ1v) is 6.61. The second kappa shape index (κ2) is 5.84. The van der Waals surface area contributed by atoms with Gasteiger partial charge in [0.2, 0.25) is 0 Å². The van der Waals surface area contributed by atoms with Gasteiger partial charge in [-0.15, -0.1) is 11.3 Å². The van der Waals surface area contributed by atoms with Gasteiger partial charge in [0.1, 0.15) is 0 Å². The van der Waals surface area contributed by atoms with Crippen LogP contribution in [-0.2, 0) is 13.0 Å². The zero-order chi connectivity index (χ0) is 12.1. The maximum atomic E-state index is 8.98. The van der Waals surface area contributed by atoms with Gasteiger partial charge in [0.25, 0.3) is 0 Å². The average molecular weight is 247 g/mol. The van der Waals surface area contributed by atoms with Crippen LogP contribution in [0.4, 0.5) is 5.69 Å². The van der Waals surface area contributed by atoms with E-state index in [9.17, 15) is 0 Å². The summed E-state index contributed by atoms with van der Waals surface area (Å²) in [5.74, 6) is 0. The Morgan fingerprint density at radius 1 is 1.18 bits per heavy atom. The number of rotatable bonds is 5. The van der Waals surface area contributed by atoms with E-state index in [4.69, 9.17) is 5.11 Å². The molecule has 17 heavy (non-hydrogen) atoms. The largest absolute Gasteiger partial charge is 0.392 e. The summed E-state index contributed by atoms with van der Waals surface area (Å²) in [6.07, 6.45) is 1.08. The molecule has 0 fully saturated rings. The van der Waals surface area contributed by atoms with Crippen LogP contribution in [0.15, 0.2) is 41.8 Å². The number of aliphatic hydroxyl groups excluding tert-OH is 1. The van der Waals surface area contributed by atoms with E-state index in [1.807, 2.05) is 12.1 Å². The highest BCUT2D eigenvalue weighted by Crippen LogP contribution is 2.16. The van der Waals surface area contributed by atoms with Crippen LogP contribution >= 0.6 is 11.3 Å². The molecule has 3 heteroatoms. The van der Waals surface area contributed by atoms with Gasteiger partial charge in [0.15, 0.2) is 0 Å². The SMILES string of the molecule is CN(CCc1cccs1)c1ccc(CO)cc1. The summed E-state index contributed by atoms with van der Waals surface area (Å²) >= 11 is 1.81. The molecular formula is C14H17NOS. The van der Waals surface area contributed by atoms with Gasteiger partial charge in [-0.05, 0) is 35.6 Å². The number of hydrogen-bond donors (Lipinski definition) is 1. The van der Waals surface area contributed by atoms with Crippen molar-refractivity contribution in [3.05, 3.63) is 52.2 Å². The molecule has 0 aliphatic carbocycles. The summed E-state index contributed by atoms with van der Waals surface area (Å²) < 4.78 is 0. The normalized spacial score (nSPS) is 10.5. The lowest BCUT2D eigenvalue weighted by Crippen LogP contribution is -2.19. The number of hydrogen-bond acceptors (Lipinski definition) is 3. The van der Waals surface area contributed by atoms with E-state index < -0.39 is 0 Å². The van der Waals surface area contributed by atoms with E-state index in [1.54, 1.807) is 11.3 Å². The molecular weight excluding hydrogens is 230 g/mol. The van der Waals surface area contributed by atoms with Gasteiger partial charge >= 0.3 is 0 Å². The monoisotopic (exact) mass is 247 g/mol. The molecule has 1 heterocycles. The molecule has 0 amide bonds. The van der Waals surface area contributed by atoms with E-state index in [-0.39, 0.29) is 6.61 Å². The van der Waals surface area contributed by atoms with Gasteiger partial charge in [0.05, 0.1) is 6.61 Å². The van der Waals surface area contributed by atoms with Gasteiger partial charge < -0.3 is 10.0 Å². The number of likely N-dealkylation sites (N-methyl/N-ethyl adjacent to an activating group) is 1. The first-order valence-electron chi connectivity index (χ1n) is 5.73. The number of anilines is 1. The second-order valence-corrected chi connectivity index (χ2v) is 5.11. The molecule has 0 saturated carbocycles. The molecule has 0 aliphatic rings. The molecule has 0 radical (unpaired) electrons. The third kappa shape index (κ3) is 3.32. The number of benzene rings is 1. The van der Waals surface area contributed by atoms with Crippen LogP contribution < -0.4 is 4.90 Å². The van der Waals surface area contributed by atoms with Crippen LogP contribution in [0, 0.1) is 0 Å². The van der Waals surface area contributed by atoms with Crippen molar-refractivity contribution in [3.8, 4) is 0 Å². The highest BCUT2D eigenvalue weighted by atomic mass is 32.1. The maximum absolute atomic E-state index is 8.98. The Kier molecular flexibility index (Phi) is 4.18. The average Bonchev–Trinajstić information content (AvgIpc) is 2.89. The Hall–Kier alpha value is -1.32. The standard InChI is InChI=1S/C14H17NOS/c1-15(9-8-14-3-2-10-17-14)13-6-4-12(11-16)5-7-13/h2-7,10,16H,8-9,11H2,1H3. The fourth-order valence-electron chi connectivity index (χ4n) is 1.72. The summed E-state index contributed by atoms with van der Waals surface area (Å²) in [6.45, 7) is 1.12. The molecule has 0 aliphatic heterocycles. The molecule has 0 unspecified atom stereocenters. The molecule has 2 nitrogen and oxygen atoms in total. The Balaban J connectivity index is 1.92. The molecule has 1 N–H and O–H groups in total. The Morgan fingerprint density at radius 3 is 2.53 bits per heavy atom. The zero-order valence-corrected chi connectivity index (χ0v) is 10.8. The minimum absolute atomic E-state index is 0.110. The Labute approximate surface area is 106 Å². The number of nitrogens with zero attached hydrogens (tertiary/aromatic N) is 1. The Bertz CT molecular complexity index is 436. The van der Waals surface area contributed by atoms with Crippen molar-refractivity contribution in [3.63, 3.8) is 0 Å². The fourth-order valence-corrected chi connectivity index (χ4v) is 2.42. The summed E-state index contributed by atoms with van der Waals surface area (Å²) in [4.78, 5) is 3.66. The molecule has 1 aromatic heterocycles. The van der Waals surface area contributed by atoms with Gasteiger partial charge in [-0.2, -0.15) is 0 Å².